The first-order chi connectivity index (χ1) is 9.45. The van der Waals surface area contributed by atoms with Crippen molar-refractivity contribution >= 4 is 21.7 Å². The minimum absolute atomic E-state index is 0.0512. The smallest absolute Gasteiger partial charge is 0.194 e. The van der Waals surface area contributed by atoms with E-state index in [9.17, 15) is 4.79 Å². The van der Waals surface area contributed by atoms with Crippen molar-refractivity contribution in [3.8, 4) is 5.75 Å². The van der Waals surface area contributed by atoms with Gasteiger partial charge in [0.25, 0.3) is 0 Å². The molecular weight excluding hydrogens is 318 g/mol. The highest BCUT2D eigenvalue weighted by Gasteiger charge is 2.12. The summed E-state index contributed by atoms with van der Waals surface area (Å²) in [5, 5.41) is 0. The zero-order chi connectivity index (χ0) is 14.7. The first kappa shape index (κ1) is 14.7. The second kappa shape index (κ2) is 6.18. The number of halogens is 1. The monoisotopic (exact) mass is 333 g/mol. The van der Waals surface area contributed by atoms with Crippen LogP contribution < -0.4 is 4.74 Å². The quantitative estimate of drug-likeness (QED) is 0.788. The topological polar surface area (TPSA) is 39.2 Å². The lowest BCUT2D eigenvalue weighted by Gasteiger charge is -2.10. The van der Waals surface area contributed by atoms with Crippen molar-refractivity contribution in [2.45, 2.75) is 26.9 Å². The van der Waals surface area contributed by atoms with E-state index < -0.39 is 0 Å². The van der Waals surface area contributed by atoms with Gasteiger partial charge in [-0.15, -0.1) is 0 Å². The summed E-state index contributed by atoms with van der Waals surface area (Å²) in [5.74, 6) is 0.550. The maximum absolute atomic E-state index is 12.5. The van der Waals surface area contributed by atoms with E-state index in [4.69, 9.17) is 4.74 Å². The zero-order valence-corrected chi connectivity index (χ0v) is 13.3. The minimum Gasteiger partial charge on any atom is -0.489 e. The molecule has 0 aliphatic carbocycles. The molecule has 0 saturated carbocycles. The Hall–Kier alpha value is -1.68. The van der Waals surface area contributed by atoms with Gasteiger partial charge in [0.1, 0.15) is 5.75 Å². The van der Waals surface area contributed by atoms with E-state index >= 15 is 0 Å². The van der Waals surface area contributed by atoms with Crippen LogP contribution in [0, 0.1) is 6.92 Å². The fraction of sp³-hybridized carbons (Fsp3) is 0.250. The highest BCUT2D eigenvalue weighted by atomic mass is 79.9. The molecule has 0 unspecified atom stereocenters. The summed E-state index contributed by atoms with van der Waals surface area (Å²) in [4.78, 5) is 16.5. The van der Waals surface area contributed by atoms with Gasteiger partial charge in [-0.05, 0) is 50.6 Å². The third kappa shape index (κ3) is 3.67. The van der Waals surface area contributed by atoms with Crippen molar-refractivity contribution in [3.05, 3.63) is 57.8 Å². The van der Waals surface area contributed by atoms with Crippen LogP contribution in [0.4, 0.5) is 0 Å². The Morgan fingerprint density at radius 1 is 1.15 bits per heavy atom. The molecule has 3 nitrogen and oxygen atoms in total. The molecule has 2 rings (SSSR count). The van der Waals surface area contributed by atoms with Crippen LogP contribution in [0.1, 0.15) is 35.3 Å². The number of ketones is 1. The van der Waals surface area contributed by atoms with Crippen LogP contribution in [-0.2, 0) is 0 Å². The summed E-state index contributed by atoms with van der Waals surface area (Å²) in [6.07, 6.45) is 3.23. The fourth-order valence-electron chi connectivity index (χ4n) is 1.91. The highest BCUT2D eigenvalue weighted by molar-refractivity contribution is 9.10. The van der Waals surface area contributed by atoms with Crippen molar-refractivity contribution in [1.82, 2.24) is 4.98 Å². The van der Waals surface area contributed by atoms with E-state index in [-0.39, 0.29) is 11.9 Å². The van der Waals surface area contributed by atoms with Crippen LogP contribution in [-0.4, -0.2) is 16.9 Å². The van der Waals surface area contributed by atoms with Gasteiger partial charge in [-0.1, -0.05) is 15.9 Å². The first-order valence-corrected chi connectivity index (χ1v) is 7.18. The lowest BCUT2D eigenvalue weighted by Crippen LogP contribution is -2.08. The van der Waals surface area contributed by atoms with Gasteiger partial charge in [0.15, 0.2) is 5.78 Å². The van der Waals surface area contributed by atoms with E-state index in [1.54, 1.807) is 18.5 Å². The Bertz CT molecular complexity index is 618. The van der Waals surface area contributed by atoms with Gasteiger partial charge >= 0.3 is 0 Å². The summed E-state index contributed by atoms with van der Waals surface area (Å²) in [6, 6.07) is 7.37. The molecule has 0 bridgehead atoms. The summed E-state index contributed by atoms with van der Waals surface area (Å²) < 4.78 is 6.46. The van der Waals surface area contributed by atoms with Crippen LogP contribution in [0.2, 0.25) is 0 Å². The Balaban J connectivity index is 2.33. The van der Waals surface area contributed by atoms with Crippen LogP contribution in [0.3, 0.4) is 0 Å². The second-order valence-electron chi connectivity index (χ2n) is 4.92. The summed E-state index contributed by atoms with van der Waals surface area (Å²) in [5.41, 5.74) is 2.20. The van der Waals surface area contributed by atoms with Crippen LogP contribution in [0.5, 0.6) is 5.75 Å². The maximum atomic E-state index is 12.5. The molecule has 1 aromatic carbocycles. The SMILES string of the molecule is Cc1cc(Br)cc(C(=O)c2cncc(OC(C)C)c2)c1. The number of hydrogen-bond donors (Lipinski definition) is 0. The van der Waals surface area contributed by atoms with Crippen molar-refractivity contribution < 1.29 is 9.53 Å². The standard InChI is InChI=1S/C16H16BrNO2/c1-10(2)20-15-7-13(8-18-9-15)16(19)12-4-11(3)5-14(17)6-12/h4-10H,1-3H3. The predicted octanol–water partition coefficient (Wildman–Crippen LogP) is 4.17. The number of benzene rings is 1. The molecule has 20 heavy (non-hydrogen) atoms. The van der Waals surface area contributed by atoms with Gasteiger partial charge in [-0.25, -0.2) is 0 Å². The lowest BCUT2D eigenvalue weighted by atomic mass is 10.0. The molecule has 0 spiro atoms. The molecule has 1 aromatic heterocycles. The van der Waals surface area contributed by atoms with E-state index in [0.717, 1.165) is 10.0 Å². The third-order valence-corrected chi connectivity index (χ3v) is 3.11. The molecule has 0 fully saturated rings. The largest absolute Gasteiger partial charge is 0.489 e. The molecule has 0 aliphatic rings. The number of pyridine rings is 1. The molecule has 1 heterocycles. The molecular formula is C16H16BrNO2. The molecule has 0 aliphatic heterocycles. The van der Waals surface area contributed by atoms with Gasteiger partial charge < -0.3 is 4.74 Å². The summed E-state index contributed by atoms with van der Waals surface area (Å²) >= 11 is 3.41. The van der Waals surface area contributed by atoms with Gasteiger partial charge in [-0.2, -0.15) is 0 Å². The summed E-state index contributed by atoms with van der Waals surface area (Å²) in [7, 11) is 0. The van der Waals surface area contributed by atoms with Gasteiger partial charge in [0.05, 0.1) is 12.3 Å². The molecule has 4 heteroatoms. The highest BCUT2D eigenvalue weighted by Crippen LogP contribution is 2.20. The van der Waals surface area contributed by atoms with E-state index in [1.165, 1.54) is 0 Å². The predicted molar refractivity (Wildman–Crippen MR) is 82.3 cm³/mol. The molecule has 0 saturated heterocycles. The van der Waals surface area contributed by atoms with E-state index in [0.29, 0.717) is 16.9 Å². The molecule has 0 amide bonds. The van der Waals surface area contributed by atoms with Crippen molar-refractivity contribution in [2.24, 2.45) is 0 Å². The molecule has 2 aromatic rings. The number of carbonyl (C=O) groups excluding carboxylic acids is 1. The minimum atomic E-state index is -0.0592. The van der Waals surface area contributed by atoms with Gasteiger partial charge in [0, 0.05) is 21.8 Å². The Kier molecular flexibility index (Phi) is 4.55. The van der Waals surface area contributed by atoms with E-state index in [2.05, 4.69) is 20.9 Å². The summed E-state index contributed by atoms with van der Waals surface area (Å²) in [6.45, 7) is 5.83. The molecule has 0 atom stereocenters. The van der Waals surface area contributed by atoms with Crippen LogP contribution in [0.15, 0.2) is 41.1 Å². The second-order valence-corrected chi connectivity index (χ2v) is 5.84. The number of nitrogens with zero attached hydrogens (tertiary/aromatic N) is 1. The van der Waals surface area contributed by atoms with Crippen LogP contribution >= 0.6 is 15.9 Å². The van der Waals surface area contributed by atoms with Crippen molar-refractivity contribution in [1.29, 1.82) is 0 Å². The number of ether oxygens (including phenoxy) is 1. The fourth-order valence-corrected chi connectivity index (χ4v) is 2.52. The number of carbonyl (C=O) groups is 1. The van der Waals surface area contributed by atoms with Gasteiger partial charge in [0.2, 0.25) is 0 Å². The average Bonchev–Trinajstić information content (AvgIpc) is 2.36. The Morgan fingerprint density at radius 2 is 1.90 bits per heavy atom. The number of rotatable bonds is 4. The average molecular weight is 334 g/mol. The molecule has 0 N–H and O–H groups in total. The van der Waals surface area contributed by atoms with E-state index in [1.807, 2.05) is 39.0 Å². The normalized spacial score (nSPS) is 10.7. The van der Waals surface area contributed by atoms with Gasteiger partial charge in [-0.3, -0.25) is 9.78 Å². The number of aryl methyl sites for hydroxylation is 1. The zero-order valence-electron chi connectivity index (χ0n) is 11.7. The lowest BCUT2D eigenvalue weighted by molar-refractivity contribution is 0.103. The van der Waals surface area contributed by atoms with Crippen molar-refractivity contribution in [2.75, 3.05) is 0 Å². The Morgan fingerprint density at radius 3 is 2.55 bits per heavy atom. The third-order valence-electron chi connectivity index (χ3n) is 2.65. The molecule has 104 valence electrons. The first-order valence-electron chi connectivity index (χ1n) is 6.39. The van der Waals surface area contributed by atoms with Crippen molar-refractivity contribution in [3.63, 3.8) is 0 Å². The van der Waals surface area contributed by atoms with Crippen LogP contribution in [0.25, 0.3) is 0 Å². The number of aromatic nitrogens is 1. The maximum Gasteiger partial charge on any atom is 0.194 e. The Labute approximate surface area is 127 Å². The molecule has 0 radical (unpaired) electrons. The number of hydrogen-bond acceptors (Lipinski definition) is 3.